The third kappa shape index (κ3) is 3.62. The first-order chi connectivity index (χ1) is 10.7. The Morgan fingerprint density at radius 1 is 1.17 bits per heavy atom. The second-order valence-electron chi connectivity index (χ2n) is 6.16. The summed E-state index contributed by atoms with van der Waals surface area (Å²) in [5.74, 6) is -0.427. The Morgan fingerprint density at radius 2 is 1.78 bits per heavy atom. The van der Waals surface area contributed by atoms with E-state index in [4.69, 9.17) is 9.52 Å². The van der Waals surface area contributed by atoms with E-state index in [1.165, 1.54) is 6.07 Å². The Kier molecular flexibility index (Phi) is 4.59. The lowest BCUT2D eigenvalue weighted by Crippen LogP contribution is -2.39. The molecule has 5 nitrogen and oxygen atoms in total. The summed E-state index contributed by atoms with van der Waals surface area (Å²) in [6, 6.07) is 9.26. The van der Waals surface area contributed by atoms with Gasteiger partial charge in [-0.2, -0.15) is 0 Å². The molecule has 122 valence electrons. The Hall–Kier alpha value is -2.56. The van der Waals surface area contributed by atoms with E-state index in [1.54, 1.807) is 6.92 Å². The molecule has 0 aliphatic heterocycles. The van der Waals surface area contributed by atoms with E-state index in [-0.39, 0.29) is 18.0 Å². The van der Waals surface area contributed by atoms with Gasteiger partial charge in [0.1, 0.15) is 17.1 Å². The van der Waals surface area contributed by atoms with Crippen LogP contribution in [0.3, 0.4) is 0 Å². The Labute approximate surface area is 135 Å². The summed E-state index contributed by atoms with van der Waals surface area (Å²) in [4.78, 5) is 23.5. The molecule has 0 saturated heterocycles. The molecule has 2 rings (SSSR count). The summed E-state index contributed by atoms with van der Waals surface area (Å²) in [6.45, 7) is 7.44. The zero-order chi connectivity index (χ0) is 17.2. The molecule has 0 spiro atoms. The standard InChI is InChI=1S/C18H21NO4/c1-11-5-7-13(8-6-11)18(3,4)17(22)19-10-14-9-15(16(20)21)12(2)23-14/h5-9H,10H2,1-4H3,(H,19,22)(H,20,21). The van der Waals surface area contributed by atoms with Crippen LogP contribution in [0, 0.1) is 13.8 Å². The van der Waals surface area contributed by atoms with Gasteiger partial charge < -0.3 is 14.8 Å². The number of carboxylic acids is 1. The van der Waals surface area contributed by atoms with Crippen LogP contribution >= 0.6 is 0 Å². The zero-order valence-electron chi connectivity index (χ0n) is 13.8. The van der Waals surface area contributed by atoms with Crippen LogP contribution < -0.4 is 5.32 Å². The fourth-order valence-electron chi connectivity index (χ4n) is 2.33. The molecule has 1 amide bonds. The summed E-state index contributed by atoms with van der Waals surface area (Å²) in [7, 11) is 0. The number of carbonyl (C=O) groups excluding carboxylic acids is 1. The number of hydrogen-bond acceptors (Lipinski definition) is 3. The number of hydrogen-bond donors (Lipinski definition) is 2. The molecule has 0 atom stereocenters. The molecule has 2 aromatic rings. The lowest BCUT2D eigenvalue weighted by molar-refractivity contribution is -0.125. The maximum Gasteiger partial charge on any atom is 0.339 e. The predicted molar refractivity (Wildman–Crippen MR) is 86.5 cm³/mol. The molecule has 0 unspecified atom stereocenters. The van der Waals surface area contributed by atoms with Gasteiger partial charge in [-0.15, -0.1) is 0 Å². The highest BCUT2D eigenvalue weighted by molar-refractivity contribution is 5.89. The van der Waals surface area contributed by atoms with Crippen molar-refractivity contribution in [1.82, 2.24) is 5.32 Å². The second kappa shape index (κ2) is 6.28. The van der Waals surface area contributed by atoms with E-state index >= 15 is 0 Å². The van der Waals surface area contributed by atoms with Gasteiger partial charge in [0.2, 0.25) is 5.91 Å². The lowest BCUT2D eigenvalue weighted by Gasteiger charge is -2.24. The fourth-order valence-corrected chi connectivity index (χ4v) is 2.33. The molecule has 23 heavy (non-hydrogen) atoms. The Bertz CT molecular complexity index is 726. The van der Waals surface area contributed by atoms with Crippen molar-refractivity contribution in [3.8, 4) is 0 Å². The van der Waals surface area contributed by atoms with Crippen molar-refractivity contribution < 1.29 is 19.1 Å². The first kappa shape index (κ1) is 16.8. The zero-order valence-corrected chi connectivity index (χ0v) is 13.8. The minimum Gasteiger partial charge on any atom is -0.478 e. The third-order valence-corrected chi connectivity index (χ3v) is 3.96. The lowest BCUT2D eigenvalue weighted by atomic mass is 9.83. The molecule has 5 heteroatoms. The van der Waals surface area contributed by atoms with Crippen LogP contribution in [0.15, 0.2) is 34.7 Å². The van der Waals surface area contributed by atoms with E-state index in [0.717, 1.165) is 11.1 Å². The van der Waals surface area contributed by atoms with Crippen LogP contribution in [-0.4, -0.2) is 17.0 Å². The maximum absolute atomic E-state index is 12.5. The molecule has 0 radical (unpaired) electrons. The van der Waals surface area contributed by atoms with E-state index in [9.17, 15) is 9.59 Å². The van der Waals surface area contributed by atoms with Crippen molar-refractivity contribution in [3.05, 3.63) is 58.5 Å². The molecular weight excluding hydrogens is 294 g/mol. The minimum absolute atomic E-state index is 0.118. The van der Waals surface area contributed by atoms with Gasteiger partial charge in [-0.05, 0) is 39.3 Å². The normalized spacial score (nSPS) is 11.3. The van der Waals surface area contributed by atoms with Gasteiger partial charge in [-0.25, -0.2) is 4.79 Å². The number of nitrogens with one attached hydrogen (secondary N) is 1. The van der Waals surface area contributed by atoms with Gasteiger partial charge in [0.15, 0.2) is 0 Å². The number of aryl methyl sites for hydroxylation is 2. The molecule has 1 heterocycles. The minimum atomic E-state index is -1.04. The van der Waals surface area contributed by atoms with E-state index in [0.29, 0.717) is 11.5 Å². The van der Waals surface area contributed by atoms with Crippen molar-refractivity contribution >= 4 is 11.9 Å². The smallest absolute Gasteiger partial charge is 0.339 e. The first-order valence-corrected chi connectivity index (χ1v) is 7.40. The maximum atomic E-state index is 12.5. The van der Waals surface area contributed by atoms with Crippen molar-refractivity contribution in [2.75, 3.05) is 0 Å². The summed E-state index contributed by atoms with van der Waals surface area (Å²) in [6.07, 6.45) is 0. The number of carbonyl (C=O) groups is 2. The van der Waals surface area contributed by atoms with Gasteiger partial charge in [0.25, 0.3) is 0 Å². The SMILES string of the molecule is Cc1ccc(C(C)(C)C(=O)NCc2cc(C(=O)O)c(C)o2)cc1. The predicted octanol–water partition coefficient (Wildman–Crippen LogP) is 3.19. The van der Waals surface area contributed by atoms with Gasteiger partial charge in [-0.1, -0.05) is 29.8 Å². The summed E-state index contributed by atoms with van der Waals surface area (Å²) in [5.41, 5.74) is 1.48. The molecule has 1 aromatic heterocycles. The van der Waals surface area contributed by atoms with Crippen LogP contribution in [0.4, 0.5) is 0 Å². The number of aromatic carboxylic acids is 1. The van der Waals surface area contributed by atoms with E-state index in [1.807, 2.05) is 45.0 Å². The molecule has 1 aromatic carbocycles. The number of carboxylic acid groups (broad SMARTS) is 1. The Balaban J connectivity index is 2.08. The van der Waals surface area contributed by atoms with Crippen LogP contribution in [0.1, 0.15) is 46.9 Å². The van der Waals surface area contributed by atoms with Gasteiger partial charge in [0, 0.05) is 0 Å². The van der Waals surface area contributed by atoms with Crippen LogP contribution in [0.5, 0.6) is 0 Å². The van der Waals surface area contributed by atoms with Gasteiger partial charge in [-0.3, -0.25) is 4.79 Å². The fraction of sp³-hybridized carbons (Fsp3) is 0.333. The molecule has 0 fully saturated rings. The summed E-state index contributed by atoms with van der Waals surface area (Å²) in [5, 5.41) is 11.8. The van der Waals surface area contributed by atoms with Crippen molar-refractivity contribution in [2.24, 2.45) is 0 Å². The highest BCUT2D eigenvalue weighted by atomic mass is 16.4. The molecule has 0 aliphatic carbocycles. The van der Waals surface area contributed by atoms with Crippen molar-refractivity contribution in [3.63, 3.8) is 0 Å². The third-order valence-electron chi connectivity index (χ3n) is 3.96. The van der Waals surface area contributed by atoms with E-state index in [2.05, 4.69) is 5.32 Å². The number of rotatable bonds is 5. The monoisotopic (exact) mass is 315 g/mol. The summed E-state index contributed by atoms with van der Waals surface area (Å²) >= 11 is 0. The van der Waals surface area contributed by atoms with Crippen LogP contribution in [0.25, 0.3) is 0 Å². The topological polar surface area (TPSA) is 79.5 Å². The van der Waals surface area contributed by atoms with Crippen molar-refractivity contribution in [1.29, 1.82) is 0 Å². The number of furan rings is 1. The highest BCUT2D eigenvalue weighted by Crippen LogP contribution is 2.24. The molecule has 2 N–H and O–H groups in total. The first-order valence-electron chi connectivity index (χ1n) is 7.40. The average molecular weight is 315 g/mol. The molecule has 0 saturated carbocycles. The van der Waals surface area contributed by atoms with Crippen LogP contribution in [0.2, 0.25) is 0 Å². The summed E-state index contributed by atoms with van der Waals surface area (Å²) < 4.78 is 5.36. The van der Waals surface area contributed by atoms with Crippen molar-refractivity contribution in [2.45, 2.75) is 39.7 Å². The molecular formula is C18H21NO4. The van der Waals surface area contributed by atoms with Gasteiger partial charge >= 0.3 is 5.97 Å². The largest absolute Gasteiger partial charge is 0.478 e. The average Bonchev–Trinajstić information content (AvgIpc) is 2.86. The quantitative estimate of drug-likeness (QED) is 0.888. The number of benzene rings is 1. The number of amides is 1. The second-order valence-corrected chi connectivity index (χ2v) is 6.16. The molecule has 0 aliphatic rings. The van der Waals surface area contributed by atoms with E-state index < -0.39 is 11.4 Å². The highest BCUT2D eigenvalue weighted by Gasteiger charge is 2.29. The van der Waals surface area contributed by atoms with Crippen LogP contribution in [-0.2, 0) is 16.8 Å². The van der Waals surface area contributed by atoms with Gasteiger partial charge in [0.05, 0.1) is 12.0 Å². The molecule has 0 bridgehead atoms. The Morgan fingerprint density at radius 3 is 2.30 bits per heavy atom.